The highest BCUT2D eigenvalue weighted by molar-refractivity contribution is 5.63. The summed E-state index contributed by atoms with van der Waals surface area (Å²) >= 11 is 0. The van der Waals surface area contributed by atoms with Crippen LogP contribution in [0.4, 0.5) is 5.69 Å². The molecule has 3 rings (SSSR count). The quantitative estimate of drug-likeness (QED) is 0.839. The third kappa shape index (κ3) is 1.89. The number of hydrogen-bond acceptors (Lipinski definition) is 2. The van der Waals surface area contributed by atoms with Gasteiger partial charge in [0.2, 0.25) is 0 Å². The zero-order chi connectivity index (χ0) is 10.8. The molecule has 1 aliphatic heterocycles. The minimum atomic E-state index is 0.805. The molecule has 0 atom stereocenters. The van der Waals surface area contributed by atoms with Crippen LogP contribution in [0.5, 0.6) is 5.75 Å². The first-order chi connectivity index (χ1) is 7.93. The third-order valence-corrected chi connectivity index (χ3v) is 3.74. The Morgan fingerprint density at radius 2 is 2.19 bits per heavy atom. The van der Waals surface area contributed by atoms with E-state index in [2.05, 4.69) is 23.5 Å². The molecule has 1 fully saturated rings. The second-order valence-corrected chi connectivity index (χ2v) is 4.93. The first-order valence-corrected chi connectivity index (χ1v) is 6.42. The molecular formula is C14H19NO. The average molecular weight is 217 g/mol. The Morgan fingerprint density at radius 1 is 1.25 bits per heavy atom. The van der Waals surface area contributed by atoms with Gasteiger partial charge < -0.3 is 10.1 Å². The van der Waals surface area contributed by atoms with Crippen molar-refractivity contribution in [3.63, 3.8) is 0 Å². The number of nitrogens with one attached hydrogen (secondary N) is 1. The van der Waals surface area contributed by atoms with Gasteiger partial charge in [-0.25, -0.2) is 0 Å². The summed E-state index contributed by atoms with van der Waals surface area (Å²) in [6, 6.07) is 6.41. The van der Waals surface area contributed by atoms with Gasteiger partial charge in [0, 0.05) is 6.54 Å². The lowest BCUT2D eigenvalue weighted by Crippen LogP contribution is -2.20. The van der Waals surface area contributed by atoms with E-state index in [1.807, 2.05) is 0 Å². The highest BCUT2D eigenvalue weighted by atomic mass is 16.5. The van der Waals surface area contributed by atoms with Crippen molar-refractivity contribution in [2.45, 2.75) is 32.1 Å². The van der Waals surface area contributed by atoms with Gasteiger partial charge in [-0.15, -0.1) is 0 Å². The van der Waals surface area contributed by atoms with Crippen LogP contribution in [-0.4, -0.2) is 13.2 Å². The van der Waals surface area contributed by atoms with Crippen LogP contribution in [0.25, 0.3) is 0 Å². The van der Waals surface area contributed by atoms with Crippen molar-refractivity contribution >= 4 is 5.69 Å². The van der Waals surface area contributed by atoms with Gasteiger partial charge in [0.05, 0.1) is 12.3 Å². The molecule has 1 N–H and O–H groups in total. The summed E-state index contributed by atoms with van der Waals surface area (Å²) in [5, 5.41) is 3.47. The van der Waals surface area contributed by atoms with Crippen molar-refractivity contribution in [3.8, 4) is 5.75 Å². The molecule has 2 aliphatic rings. The standard InChI is InChI=1S/C14H19NO/c1-4-11(5-1)10-16-13-8-2-6-12-7-3-9-15-14(12)13/h2,6,8,11,15H,1,3-5,7,9-10H2. The van der Waals surface area contributed by atoms with E-state index < -0.39 is 0 Å². The topological polar surface area (TPSA) is 21.3 Å². The van der Waals surface area contributed by atoms with E-state index in [1.54, 1.807) is 0 Å². The molecule has 2 nitrogen and oxygen atoms in total. The van der Waals surface area contributed by atoms with E-state index in [9.17, 15) is 0 Å². The van der Waals surface area contributed by atoms with Crippen LogP contribution < -0.4 is 10.1 Å². The fourth-order valence-electron chi connectivity index (χ4n) is 2.47. The number of aryl methyl sites for hydroxylation is 1. The number of benzene rings is 1. The molecule has 0 saturated heterocycles. The number of ether oxygens (including phenoxy) is 1. The Kier molecular flexibility index (Phi) is 2.73. The lowest BCUT2D eigenvalue weighted by molar-refractivity contribution is 0.181. The van der Waals surface area contributed by atoms with E-state index in [-0.39, 0.29) is 0 Å². The Bertz CT molecular complexity index is 371. The maximum absolute atomic E-state index is 5.95. The monoisotopic (exact) mass is 217 g/mol. The molecule has 0 aromatic heterocycles. The largest absolute Gasteiger partial charge is 0.491 e. The summed E-state index contributed by atoms with van der Waals surface area (Å²) in [4.78, 5) is 0. The third-order valence-electron chi connectivity index (χ3n) is 3.74. The maximum Gasteiger partial charge on any atom is 0.142 e. The van der Waals surface area contributed by atoms with Crippen molar-refractivity contribution in [1.29, 1.82) is 0 Å². The predicted octanol–water partition coefficient (Wildman–Crippen LogP) is 3.22. The molecule has 1 heterocycles. The number of anilines is 1. The summed E-state index contributed by atoms with van der Waals surface area (Å²) < 4.78 is 5.95. The number of fused-ring (bicyclic) bond motifs is 1. The predicted molar refractivity (Wildman–Crippen MR) is 66.1 cm³/mol. The molecule has 0 spiro atoms. The van der Waals surface area contributed by atoms with E-state index >= 15 is 0 Å². The fraction of sp³-hybridized carbons (Fsp3) is 0.571. The van der Waals surface area contributed by atoms with E-state index in [0.29, 0.717) is 0 Å². The summed E-state index contributed by atoms with van der Waals surface area (Å²) in [7, 11) is 0. The molecule has 0 radical (unpaired) electrons. The van der Waals surface area contributed by atoms with Gasteiger partial charge in [0.25, 0.3) is 0 Å². The fourth-order valence-corrected chi connectivity index (χ4v) is 2.47. The summed E-state index contributed by atoms with van der Waals surface area (Å²) in [5.74, 6) is 1.86. The van der Waals surface area contributed by atoms with Gasteiger partial charge in [-0.05, 0) is 43.2 Å². The Balaban J connectivity index is 1.72. The minimum absolute atomic E-state index is 0.805. The van der Waals surface area contributed by atoms with Crippen LogP contribution >= 0.6 is 0 Å². The molecular weight excluding hydrogens is 198 g/mol. The van der Waals surface area contributed by atoms with Crippen LogP contribution in [-0.2, 0) is 6.42 Å². The lowest BCUT2D eigenvalue weighted by atomic mass is 9.86. The number of para-hydroxylation sites is 1. The average Bonchev–Trinajstić information content (AvgIpc) is 2.27. The molecule has 1 aliphatic carbocycles. The van der Waals surface area contributed by atoms with Gasteiger partial charge in [-0.2, -0.15) is 0 Å². The SMILES string of the molecule is c1cc2c(c(OCC3CCC3)c1)NCCC2. The molecule has 2 heteroatoms. The molecule has 86 valence electrons. The Labute approximate surface area is 97.0 Å². The lowest BCUT2D eigenvalue weighted by Gasteiger charge is -2.27. The van der Waals surface area contributed by atoms with Crippen molar-refractivity contribution < 1.29 is 4.74 Å². The molecule has 16 heavy (non-hydrogen) atoms. The van der Waals surface area contributed by atoms with Gasteiger partial charge in [0.15, 0.2) is 0 Å². The van der Waals surface area contributed by atoms with Crippen molar-refractivity contribution in [2.75, 3.05) is 18.5 Å². The van der Waals surface area contributed by atoms with E-state index in [4.69, 9.17) is 4.74 Å². The first-order valence-electron chi connectivity index (χ1n) is 6.42. The number of rotatable bonds is 3. The van der Waals surface area contributed by atoms with Crippen LogP contribution in [0.15, 0.2) is 18.2 Å². The van der Waals surface area contributed by atoms with Gasteiger partial charge in [-0.3, -0.25) is 0 Å². The zero-order valence-electron chi connectivity index (χ0n) is 9.67. The molecule has 1 aromatic rings. The first kappa shape index (κ1) is 10.0. The van der Waals surface area contributed by atoms with Crippen LogP contribution in [0.2, 0.25) is 0 Å². The summed E-state index contributed by atoms with van der Waals surface area (Å²) in [5.41, 5.74) is 2.66. The van der Waals surface area contributed by atoms with E-state index in [1.165, 1.54) is 43.4 Å². The molecule has 0 bridgehead atoms. The van der Waals surface area contributed by atoms with Crippen LogP contribution in [0, 0.1) is 5.92 Å². The van der Waals surface area contributed by atoms with Crippen molar-refractivity contribution in [2.24, 2.45) is 5.92 Å². The number of hydrogen-bond donors (Lipinski definition) is 1. The second kappa shape index (κ2) is 4.36. The smallest absolute Gasteiger partial charge is 0.142 e. The highest BCUT2D eigenvalue weighted by Gasteiger charge is 2.19. The van der Waals surface area contributed by atoms with E-state index in [0.717, 1.165) is 24.8 Å². The normalized spacial score (nSPS) is 19.5. The second-order valence-electron chi connectivity index (χ2n) is 4.93. The van der Waals surface area contributed by atoms with Crippen molar-refractivity contribution in [3.05, 3.63) is 23.8 Å². The van der Waals surface area contributed by atoms with Gasteiger partial charge in [0.1, 0.15) is 5.75 Å². The Morgan fingerprint density at radius 3 is 3.00 bits per heavy atom. The molecule has 1 saturated carbocycles. The summed E-state index contributed by atoms with van der Waals surface area (Å²) in [6.45, 7) is 1.98. The minimum Gasteiger partial charge on any atom is -0.491 e. The van der Waals surface area contributed by atoms with Crippen molar-refractivity contribution in [1.82, 2.24) is 0 Å². The van der Waals surface area contributed by atoms with Gasteiger partial charge >= 0.3 is 0 Å². The maximum atomic E-state index is 5.95. The highest BCUT2D eigenvalue weighted by Crippen LogP contribution is 2.34. The molecule has 0 amide bonds. The molecule has 0 unspecified atom stereocenters. The summed E-state index contributed by atoms with van der Waals surface area (Å²) in [6.07, 6.45) is 6.51. The zero-order valence-corrected chi connectivity index (χ0v) is 9.67. The Hall–Kier alpha value is -1.18. The van der Waals surface area contributed by atoms with Crippen LogP contribution in [0.1, 0.15) is 31.2 Å². The van der Waals surface area contributed by atoms with Gasteiger partial charge in [-0.1, -0.05) is 18.6 Å². The molecule has 1 aromatic carbocycles. The van der Waals surface area contributed by atoms with Crippen LogP contribution in [0.3, 0.4) is 0 Å².